The highest BCUT2D eigenvalue weighted by Gasteiger charge is 2.40. The highest BCUT2D eigenvalue weighted by molar-refractivity contribution is 5.82. The van der Waals surface area contributed by atoms with Crippen LogP contribution in [0.4, 0.5) is 0 Å². The predicted molar refractivity (Wildman–Crippen MR) is 62.0 cm³/mol. The van der Waals surface area contributed by atoms with Crippen molar-refractivity contribution < 1.29 is 9.90 Å². The molecule has 2 aliphatic rings. The van der Waals surface area contributed by atoms with Crippen LogP contribution in [-0.4, -0.2) is 59.6 Å². The molecule has 4 nitrogen and oxygen atoms in total. The lowest BCUT2D eigenvalue weighted by Gasteiger charge is -2.29. The number of amides is 1. The van der Waals surface area contributed by atoms with Gasteiger partial charge in [-0.05, 0) is 25.2 Å². The maximum Gasteiger partial charge on any atom is 0.239 e. The van der Waals surface area contributed by atoms with Crippen LogP contribution < -0.4 is 0 Å². The number of carbonyl (C=O) groups excluding carboxylic acids is 1. The molecule has 2 atom stereocenters. The highest BCUT2D eigenvalue weighted by atomic mass is 16.3. The molecule has 0 aromatic heterocycles. The Morgan fingerprint density at radius 2 is 2.06 bits per heavy atom. The molecule has 0 aromatic rings. The van der Waals surface area contributed by atoms with Gasteiger partial charge in [0.05, 0.1) is 6.04 Å². The Hall–Kier alpha value is -0.610. The monoisotopic (exact) mass is 226 g/mol. The summed E-state index contributed by atoms with van der Waals surface area (Å²) in [4.78, 5) is 16.3. The van der Waals surface area contributed by atoms with Crippen LogP contribution in [-0.2, 0) is 4.79 Å². The molecule has 1 amide bonds. The summed E-state index contributed by atoms with van der Waals surface area (Å²) in [5, 5.41) is 9.10. The van der Waals surface area contributed by atoms with E-state index >= 15 is 0 Å². The van der Waals surface area contributed by atoms with E-state index in [0.29, 0.717) is 18.4 Å². The van der Waals surface area contributed by atoms with Crippen LogP contribution in [0.5, 0.6) is 0 Å². The van der Waals surface area contributed by atoms with Gasteiger partial charge in [-0.2, -0.15) is 0 Å². The molecule has 4 heteroatoms. The van der Waals surface area contributed by atoms with Crippen LogP contribution in [0, 0.1) is 5.92 Å². The molecule has 1 saturated heterocycles. The van der Waals surface area contributed by atoms with Crippen LogP contribution >= 0.6 is 0 Å². The van der Waals surface area contributed by atoms with Gasteiger partial charge in [0.1, 0.15) is 0 Å². The number of hydrogen-bond donors (Lipinski definition) is 1. The Morgan fingerprint density at radius 3 is 2.62 bits per heavy atom. The van der Waals surface area contributed by atoms with Crippen molar-refractivity contribution in [1.82, 2.24) is 9.80 Å². The van der Waals surface area contributed by atoms with Crippen molar-refractivity contribution in [3.63, 3.8) is 0 Å². The zero-order chi connectivity index (χ0) is 11.7. The molecular weight excluding hydrogens is 204 g/mol. The lowest BCUT2D eigenvalue weighted by atomic mass is 10.1. The highest BCUT2D eigenvalue weighted by Crippen LogP contribution is 2.32. The Bertz CT molecular complexity index is 266. The molecule has 1 aliphatic heterocycles. The third kappa shape index (κ3) is 2.38. The summed E-state index contributed by atoms with van der Waals surface area (Å²) in [5.74, 6) is 0.712. The van der Waals surface area contributed by atoms with Crippen molar-refractivity contribution in [1.29, 1.82) is 0 Å². The summed E-state index contributed by atoms with van der Waals surface area (Å²) in [6, 6.07) is 0.502. The first-order valence-electron chi connectivity index (χ1n) is 6.25. The minimum Gasteiger partial charge on any atom is -0.396 e. The van der Waals surface area contributed by atoms with Gasteiger partial charge in [0, 0.05) is 32.8 Å². The number of hydrogen-bond acceptors (Lipinski definition) is 3. The second-order valence-electron chi connectivity index (χ2n) is 5.28. The molecule has 1 heterocycles. The van der Waals surface area contributed by atoms with Gasteiger partial charge in [0.2, 0.25) is 5.91 Å². The van der Waals surface area contributed by atoms with E-state index in [1.165, 1.54) is 12.8 Å². The number of aliphatic hydroxyl groups is 1. The molecule has 16 heavy (non-hydrogen) atoms. The van der Waals surface area contributed by atoms with Crippen molar-refractivity contribution in [3.05, 3.63) is 0 Å². The zero-order valence-electron chi connectivity index (χ0n) is 10.2. The van der Waals surface area contributed by atoms with E-state index in [-0.39, 0.29) is 18.6 Å². The number of nitrogens with zero attached hydrogens (tertiary/aromatic N) is 2. The summed E-state index contributed by atoms with van der Waals surface area (Å²) >= 11 is 0. The molecule has 1 saturated carbocycles. The standard InChI is InChI=1S/C12H22N2O2/c1-9-7-13(2)12(16)11(5-6-15)14(8-9)10-3-4-10/h9-11,15H,3-8H2,1-2H3. The van der Waals surface area contributed by atoms with Crippen LogP contribution in [0.3, 0.4) is 0 Å². The van der Waals surface area contributed by atoms with Crippen molar-refractivity contribution in [2.24, 2.45) is 5.92 Å². The lowest BCUT2D eigenvalue weighted by molar-refractivity contribution is -0.135. The average Bonchev–Trinajstić information content (AvgIpc) is 3.04. The van der Waals surface area contributed by atoms with Gasteiger partial charge in [0.25, 0.3) is 0 Å². The molecule has 0 spiro atoms. The summed E-state index contributed by atoms with van der Waals surface area (Å²) in [7, 11) is 1.87. The van der Waals surface area contributed by atoms with E-state index in [1.54, 1.807) is 0 Å². The quantitative estimate of drug-likeness (QED) is 0.753. The smallest absolute Gasteiger partial charge is 0.239 e. The Morgan fingerprint density at radius 1 is 1.38 bits per heavy atom. The molecule has 0 aromatic carbocycles. The zero-order valence-corrected chi connectivity index (χ0v) is 10.2. The first-order valence-corrected chi connectivity index (χ1v) is 6.25. The van der Waals surface area contributed by atoms with Gasteiger partial charge in [0.15, 0.2) is 0 Å². The van der Waals surface area contributed by atoms with Gasteiger partial charge >= 0.3 is 0 Å². The van der Waals surface area contributed by atoms with Gasteiger partial charge in [-0.15, -0.1) is 0 Å². The average molecular weight is 226 g/mol. The molecule has 2 unspecified atom stereocenters. The van der Waals surface area contributed by atoms with E-state index in [0.717, 1.165) is 13.1 Å². The fraction of sp³-hybridized carbons (Fsp3) is 0.917. The molecule has 1 aliphatic carbocycles. The minimum absolute atomic E-state index is 0.0903. The third-order valence-corrected chi connectivity index (χ3v) is 3.59. The van der Waals surface area contributed by atoms with Gasteiger partial charge in [-0.25, -0.2) is 0 Å². The van der Waals surface area contributed by atoms with E-state index in [2.05, 4.69) is 11.8 Å². The van der Waals surface area contributed by atoms with E-state index < -0.39 is 0 Å². The lowest BCUT2D eigenvalue weighted by Crippen LogP contribution is -2.46. The second kappa shape index (κ2) is 4.72. The van der Waals surface area contributed by atoms with Crippen LogP contribution in [0.15, 0.2) is 0 Å². The third-order valence-electron chi connectivity index (χ3n) is 3.59. The predicted octanol–water partition coefficient (Wildman–Crippen LogP) is 0.310. The molecule has 92 valence electrons. The summed E-state index contributed by atoms with van der Waals surface area (Å²) < 4.78 is 0. The van der Waals surface area contributed by atoms with Gasteiger partial charge in [-0.1, -0.05) is 6.92 Å². The van der Waals surface area contributed by atoms with E-state index in [9.17, 15) is 4.79 Å². The Kier molecular flexibility index (Phi) is 3.50. The van der Waals surface area contributed by atoms with Crippen LogP contribution in [0.25, 0.3) is 0 Å². The van der Waals surface area contributed by atoms with Crippen LogP contribution in [0.2, 0.25) is 0 Å². The number of carbonyl (C=O) groups is 1. The molecule has 2 rings (SSSR count). The normalized spacial score (nSPS) is 32.9. The van der Waals surface area contributed by atoms with Crippen molar-refractivity contribution in [3.8, 4) is 0 Å². The topological polar surface area (TPSA) is 43.8 Å². The summed E-state index contributed by atoms with van der Waals surface area (Å²) in [6.07, 6.45) is 3.00. The summed E-state index contributed by atoms with van der Waals surface area (Å²) in [5.41, 5.74) is 0. The summed E-state index contributed by atoms with van der Waals surface area (Å²) in [6.45, 7) is 4.12. The SMILES string of the molecule is CC1CN(C)C(=O)C(CCO)N(C2CC2)C1. The van der Waals surface area contributed by atoms with Crippen molar-refractivity contribution in [2.75, 3.05) is 26.7 Å². The fourth-order valence-corrected chi connectivity index (χ4v) is 2.72. The van der Waals surface area contributed by atoms with Crippen molar-refractivity contribution >= 4 is 5.91 Å². The maximum atomic E-state index is 12.2. The van der Waals surface area contributed by atoms with E-state index in [4.69, 9.17) is 5.11 Å². The molecule has 1 N–H and O–H groups in total. The first kappa shape index (κ1) is 11.9. The minimum atomic E-state index is -0.0903. The molecule has 0 radical (unpaired) electrons. The molecule has 2 fully saturated rings. The van der Waals surface area contributed by atoms with Crippen LogP contribution in [0.1, 0.15) is 26.2 Å². The maximum absolute atomic E-state index is 12.2. The molecule has 0 bridgehead atoms. The van der Waals surface area contributed by atoms with Gasteiger partial charge in [-0.3, -0.25) is 9.69 Å². The van der Waals surface area contributed by atoms with Gasteiger partial charge < -0.3 is 10.0 Å². The van der Waals surface area contributed by atoms with E-state index in [1.807, 2.05) is 11.9 Å². The largest absolute Gasteiger partial charge is 0.396 e. The second-order valence-corrected chi connectivity index (χ2v) is 5.28. The number of rotatable bonds is 3. The van der Waals surface area contributed by atoms with Crippen molar-refractivity contribution in [2.45, 2.75) is 38.3 Å². The fourth-order valence-electron chi connectivity index (χ4n) is 2.72. The first-order chi connectivity index (χ1) is 7.63. The molecular formula is C12H22N2O2. The number of likely N-dealkylation sites (N-methyl/N-ethyl adjacent to an activating group) is 1. The number of aliphatic hydroxyl groups excluding tert-OH is 1. The Balaban J connectivity index is 2.14. The Labute approximate surface area is 97.2 Å².